The first-order chi connectivity index (χ1) is 13.4. The highest BCUT2D eigenvalue weighted by molar-refractivity contribution is 6.36. The molecular weight excluding hydrogens is 405 g/mol. The molecule has 0 saturated carbocycles. The first-order valence-electron chi connectivity index (χ1n) is 8.41. The van der Waals surface area contributed by atoms with Gasteiger partial charge in [0.05, 0.1) is 23.5 Å². The van der Waals surface area contributed by atoms with Crippen molar-refractivity contribution in [1.82, 2.24) is 5.43 Å². The van der Waals surface area contributed by atoms with Gasteiger partial charge in [-0.25, -0.2) is 5.43 Å². The lowest BCUT2D eigenvalue weighted by molar-refractivity contribution is -0.124. The Morgan fingerprint density at radius 1 is 1.14 bits per heavy atom. The van der Waals surface area contributed by atoms with Gasteiger partial charge < -0.3 is 15.2 Å². The number of amides is 2. The van der Waals surface area contributed by atoms with Crippen LogP contribution in [0.5, 0.6) is 11.5 Å². The molecule has 2 aromatic carbocycles. The molecule has 2 amide bonds. The summed E-state index contributed by atoms with van der Waals surface area (Å²) in [6.07, 6.45) is 1.33. The molecule has 0 bridgehead atoms. The van der Waals surface area contributed by atoms with E-state index in [4.69, 9.17) is 27.9 Å². The fourth-order valence-corrected chi connectivity index (χ4v) is 2.60. The molecule has 0 fully saturated rings. The zero-order valence-corrected chi connectivity index (χ0v) is 16.5. The Labute approximate surface area is 172 Å². The Morgan fingerprint density at radius 3 is 2.61 bits per heavy atom. The summed E-state index contributed by atoms with van der Waals surface area (Å²) in [4.78, 5) is 23.7. The smallest absolute Gasteiger partial charge is 0.240 e. The van der Waals surface area contributed by atoms with Gasteiger partial charge >= 0.3 is 0 Å². The summed E-state index contributed by atoms with van der Waals surface area (Å²) in [5, 5.41) is 16.9. The first kappa shape index (κ1) is 21.5. The van der Waals surface area contributed by atoms with Crippen molar-refractivity contribution < 1.29 is 19.4 Å². The van der Waals surface area contributed by atoms with E-state index in [-0.39, 0.29) is 24.5 Å². The average Bonchev–Trinajstić information content (AvgIpc) is 2.65. The Morgan fingerprint density at radius 2 is 1.89 bits per heavy atom. The lowest BCUT2D eigenvalue weighted by Crippen LogP contribution is -2.20. The van der Waals surface area contributed by atoms with Gasteiger partial charge in [-0.15, -0.1) is 0 Å². The Bertz CT molecular complexity index is 887. The highest BCUT2D eigenvalue weighted by Gasteiger charge is 2.09. The van der Waals surface area contributed by atoms with Crippen LogP contribution in [-0.2, 0) is 9.59 Å². The van der Waals surface area contributed by atoms with E-state index in [1.165, 1.54) is 18.3 Å². The molecule has 7 nitrogen and oxygen atoms in total. The summed E-state index contributed by atoms with van der Waals surface area (Å²) >= 11 is 11.8. The quantitative estimate of drug-likeness (QED) is 0.441. The molecule has 2 rings (SSSR count). The van der Waals surface area contributed by atoms with Crippen molar-refractivity contribution in [1.29, 1.82) is 0 Å². The molecule has 28 heavy (non-hydrogen) atoms. The van der Waals surface area contributed by atoms with Gasteiger partial charge in [-0.2, -0.15) is 5.10 Å². The van der Waals surface area contributed by atoms with Gasteiger partial charge in [0.25, 0.3) is 0 Å². The SMILES string of the molecule is CCOc1cc(/C=N/NC(=O)CCC(=O)Nc2ccc(Cl)cc2Cl)ccc1O. The van der Waals surface area contributed by atoms with E-state index in [0.717, 1.165) is 0 Å². The fourth-order valence-electron chi connectivity index (χ4n) is 2.15. The third-order valence-corrected chi connectivity index (χ3v) is 4.02. The number of hydrazone groups is 1. The van der Waals surface area contributed by atoms with Crippen LogP contribution in [-0.4, -0.2) is 29.7 Å². The number of ether oxygens (including phenoxy) is 1. The van der Waals surface area contributed by atoms with Crippen LogP contribution >= 0.6 is 23.2 Å². The lowest BCUT2D eigenvalue weighted by atomic mass is 10.2. The molecule has 148 valence electrons. The van der Waals surface area contributed by atoms with Crippen LogP contribution in [0.1, 0.15) is 25.3 Å². The summed E-state index contributed by atoms with van der Waals surface area (Å²) in [5.41, 5.74) is 3.40. The Kier molecular flexibility index (Phi) is 8.10. The number of aromatic hydroxyl groups is 1. The van der Waals surface area contributed by atoms with Gasteiger partial charge in [-0.1, -0.05) is 23.2 Å². The molecule has 0 unspecified atom stereocenters. The third kappa shape index (κ3) is 6.75. The Balaban J connectivity index is 1.80. The van der Waals surface area contributed by atoms with E-state index in [2.05, 4.69) is 15.8 Å². The second-order valence-corrected chi connectivity index (χ2v) is 6.47. The van der Waals surface area contributed by atoms with Crippen molar-refractivity contribution >= 4 is 46.9 Å². The first-order valence-corrected chi connectivity index (χ1v) is 9.17. The van der Waals surface area contributed by atoms with Gasteiger partial charge in [0, 0.05) is 17.9 Å². The largest absolute Gasteiger partial charge is 0.504 e. The van der Waals surface area contributed by atoms with Gasteiger partial charge in [0.1, 0.15) is 0 Å². The number of hydrogen-bond acceptors (Lipinski definition) is 5. The molecule has 0 aliphatic rings. The summed E-state index contributed by atoms with van der Waals surface area (Å²) in [7, 11) is 0. The van der Waals surface area contributed by atoms with Crippen molar-refractivity contribution in [2.75, 3.05) is 11.9 Å². The zero-order valence-electron chi connectivity index (χ0n) is 15.0. The van der Waals surface area contributed by atoms with Crippen LogP contribution in [0.15, 0.2) is 41.5 Å². The topological polar surface area (TPSA) is 100 Å². The normalized spacial score (nSPS) is 10.7. The minimum atomic E-state index is -0.419. The van der Waals surface area contributed by atoms with Crippen molar-refractivity contribution in [3.63, 3.8) is 0 Å². The maximum absolute atomic E-state index is 11.9. The van der Waals surface area contributed by atoms with Gasteiger partial charge in [0.2, 0.25) is 11.8 Å². The fraction of sp³-hybridized carbons (Fsp3) is 0.211. The Hall–Kier alpha value is -2.77. The van der Waals surface area contributed by atoms with Crippen LogP contribution in [0.4, 0.5) is 5.69 Å². The number of rotatable bonds is 8. The number of anilines is 1. The van der Waals surface area contributed by atoms with E-state index in [1.54, 1.807) is 31.2 Å². The molecule has 3 N–H and O–H groups in total. The lowest BCUT2D eigenvalue weighted by Gasteiger charge is -2.07. The van der Waals surface area contributed by atoms with Gasteiger partial charge in [-0.3, -0.25) is 9.59 Å². The summed E-state index contributed by atoms with van der Waals surface area (Å²) in [6.45, 7) is 2.21. The van der Waals surface area contributed by atoms with Crippen molar-refractivity contribution in [3.05, 3.63) is 52.0 Å². The minimum Gasteiger partial charge on any atom is -0.504 e. The number of benzene rings is 2. The third-order valence-electron chi connectivity index (χ3n) is 3.47. The number of halogens is 2. The molecule has 0 heterocycles. The number of phenols is 1. The standard InChI is InChI=1S/C19H19Cl2N3O4/c1-2-28-17-9-12(3-6-16(17)25)11-22-24-19(27)8-7-18(26)23-15-5-4-13(20)10-14(15)21/h3-6,9-11,25H,2,7-8H2,1H3,(H,23,26)(H,24,27)/b22-11+. The molecule has 9 heteroatoms. The maximum Gasteiger partial charge on any atom is 0.240 e. The summed E-state index contributed by atoms with van der Waals surface area (Å²) < 4.78 is 5.27. The average molecular weight is 424 g/mol. The monoisotopic (exact) mass is 423 g/mol. The number of carbonyl (C=O) groups excluding carboxylic acids is 2. The number of hydrogen-bond donors (Lipinski definition) is 3. The van der Waals surface area contributed by atoms with Crippen LogP contribution < -0.4 is 15.5 Å². The van der Waals surface area contributed by atoms with E-state index in [0.29, 0.717) is 33.7 Å². The molecule has 0 spiro atoms. The number of carbonyl (C=O) groups is 2. The molecular formula is C19H19Cl2N3O4. The molecule has 0 aromatic heterocycles. The summed E-state index contributed by atoms with van der Waals surface area (Å²) in [5.74, 6) is -0.425. The molecule has 0 saturated heterocycles. The van der Waals surface area contributed by atoms with E-state index in [1.807, 2.05) is 0 Å². The molecule has 0 aliphatic carbocycles. The molecule has 0 aliphatic heterocycles. The highest BCUT2D eigenvalue weighted by atomic mass is 35.5. The zero-order chi connectivity index (χ0) is 20.5. The second kappa shape index (κ2) is 10.5. The number of nitrogens with zero attached hydrogens (tertiary/aromatic N) is 1. The minimum absolute atomic E-state index is 0.0230. The van der Waals surface area contributed by atoms with Crippen LogP contribution in [0.2, 0.25) is 10.0 Å². The second-order valence-electron chi connectivity index (χ2n) is 5.63. The predicted octanol–water partition coefficient (Wildman–Crippen LogP) is 3.97. The van der Waals surface area contributed by atoms with E-state index < -0.39 is 5.91 Å². The van der Waals surface area contributed by atoms with Crippen LogP contribution in [0, 0.1) is 0 Å². The molecule has 0 atom stereocenters. The number of nitrogens with one attached hydrogen (secondary N) is 2. The van der Waals surface area contributed by atoms with Crippen molar-refractivity contribution in [2.45, 2.75) is 19.8 Å². The highest BCUT2D eigenvalue weighted by Crippen LogP contribution is 2.26. The van der Waals surface area contributed by atoms with E-state index in [9.17, 15) is 14.7 Å². The molecule has 0 radical (unpaired) electrons. The predicted molar refractivity (Wildman–Crippen MR) is 109 cm³/mol. The van der Waals surface area contributed by atoms with Crippen LogP contribution in [0.25, 0.3) is 0 Å². The van der Waals surface area contributed by atoms with Crippen molar-refractivity contribution in [2.24, 2.45) is 5.10 Å². The van der Waals surface area contributed by atoms with Crippen molar-refractivity contribution in [3.8, 4) is 11.5 Å². The number of phenolic OH excluding ortho intramolecular Hbond substituents is 1. The maximum atomic E-state index is 11.9. The van der Waals surface area contributed by atoms with Gasteiger partial charge in [0.15, 0.2) is 11.5 Å². The summed E-state index contributed by atoms with van der Waals surface area (Å²) in [6, 6.07) is 9.39. The van der Waals surface area contributed by atoms with Gasteiger partial charge in [-0.05, 0) is 48.9 Å². The van der Waals surface area contributed by atoms with E-state index >= 15 is 0 Å². The molecule has 2 aromatic rings. The van der Waals surface area contributed by atoms with Crippen LogP contribution in [0.3, 0.4) is 0 Å².